The molecule has 9 aromatic rings. The minimum absolute atomic E-state index is 0.256. The summed E-state index contributed by atoms with van der Waals surface area (Å²) in [6.07, 6.45) is 0. The van der Waals surface area contributed by atoms with E-state index in [2.05, 4.69) is 140 Å². The number of anilines is 6. The van der Waals surface area contributed by atoms with Gasteiger partial charge in [-0.3, -0.25) is 0 Å². The zero-order valence-electron chi connectivity index (χ0n) is 34.7. The van der Waals surface area contributed by atoms with E-state index in [0.29, 0.717) is 17.4 Å². The van der Waals surface area contributed by atoms with Gasteiger partial charge in [0.2, 0.25) is 0 Å². The Bertz CT molecular complexity index is 2910. The van der Waals surface area contributed by atoms with E-state index in [4.69, 9.17) is 1.37 Å². The summed E-state index contributed by atoms with van der Waals surface area (Å²) < 4.78 is 27.2. The second kappa shape index (κ2) is 17.2. The molecule has 0 aromatic heterocycles. The molecule has 0 aliphatic heterocycles. The van der Waals surface area contributed by atoms with Crippen LogP contribution in [0.15, 0.2) is 230 Å². The lowest BCUT2D eigenvalue weighted by molar-refractivity contribution is 0.630. The van der Waals surface area contributed by atoms with E-state index in [-0.39, 0.29) is 11.7 Å². The van der Waals surface area contributed by atoms with Gasteiger partial charge in [0.25, 0.3) is 0 Å². The van der Waals surface area contributed by atoms with Crippen LogP contribution < -0.4 is 9.80 Å². The topological polar surface area (TPSA) is 6.48 Å². The summed E-state index contributed by atoms with van der Waals surface area (Å²) in [5.74, 6) is -0.134. The van der Waals surface area contributed by atoms with Gasteiger partial charge >= 0.3 is 0 Å². The molecular weight excluding hydrogens is 732 g/mol. The molecule has 0 atom stereocenters. The standard InChI is InChI=1S/C57H45FN2/c1-41(2)45-27-19-31-49(37-45)59(50-32-20-28-46(38-50)42-21-7-3-8-22-42)55-39-47(52-34-16-15-33-51(52)43-23-9-4-10-24-43)40-56(57(55)58)60(48-29-13-6-14-30-48)54-36-18-17-35-53(54)44-25-11-5-12-26-44/h3-41H,1-2H3/i6D. The summed E-state index contributed by atoms with van der Waals surface area (Å²) in [5, 5.41) is 0. The minimum atomic E-state index is -0.390. The summed E-state index contributed by atoms with van der Waals surface area (Å²) in [4.78, 5) is 4.08. The van der Waals surface area contributed by atoms with Crippen molar-refractivity contribution < 1.29 is 5.76 Å². The second-order valence-electron chi connectivity index (χ2n) is 15.2. The van der Waals surface area contributed by atoms with Crippen LogP contribution >= 0.6 is 0 Å². The fraction of sp³-hybridized carbons (Fsp3) is 0.0526. The molecule has 0 aliphatic carbocycles. The maximum atomic E-state index is 18.8. The molecule has 2 nitrogen and oxygen atoms in total. The molecule has 60 heavy (non-hydrogen) atoms. The van der Waals surface area contributed by atoms with Crippen molar-refractivity contribution in [2.24, 2.45) is 0 Å². The smallest absolute Gasteiger partial charge is 0.171 e. The number of nitrogens with zero attached hydrogens (tertiary/aromatic N) is 2. The Kier molecular flexibility index (Phi) is 10.5. The van der Waals surface area contributed by atoms with Crippen LogP contribution in [0.25, 0.3) is 44.5 Å². The summed E-state index contributed by atoms with van der Waals surface area (Å²) in [6, 6.07) is 76.0. The summed E-state index contributed by atoms with van der Waals surface area (Å²) in [7, 11) is 0. The fourth-order valence-corrected chi connectivity index (χ4v) is 8.05. The van der Waals surface area contributed by atoms with Crippen molar-refractivity contribution in [3.8, 4) is 44.5 Å². The minimum Gasteiger partial charge on any atom is -0.308 e. The van der Waals surface area contributed by atoms with Crippen LogP contribution in [0.4, 0.5) is 38.5 Å². The molecule has 0 fully saturated rings. The van der Waals surface area contributed by atoms with Crippen molar-refractivity contribution in [3.05, 3.63) is 242 Å². The van der Waals surface area contributed by atoms with Crippen LogP contribution in [-0.2, 0) is 0 Å². The zero-order valence-corrected chi connectivity index (χ0v) is 33.7. The van der Waals surface area contributed by atoms with Gasteiger partial charge in [-0.05, 0) is 105 Å². The average Bonchev–Trinajstić information content (AvgIpc) is 3.32. The number of hydrogen-bond acceptors (Lipinski definition) is 2. The van der Waals surface area contributed by atoms with E-state index in [1.807, 2.05) is 95.9 Å². The molecule has 0 aliphatic rings. The summed E-state index contributed by atoms with van der Waals surface area (Å²) >= 11 is 0. The number of rotatable bonds is 11. The summed E-state index contributed by atoms with van der Waals surface area (Å²) in [6.45, 7) is 4.37. The van der Waals surface area contributed by atoms with Crippen molar-refractivity contribution in [1.82, 2.24) is 0 Å². The molecule has 0 N–H and O–H groups in total. The van der Waals surface area contributed by atoms with Crippen LogP contribution in [0.1, 0.15) is 26.7 Å². The maximum Gasteiger partial charge on any atom is 0.171 e. The molecule has 0 unspecified atom stereocenters. The monoisotopic (exact) mass is 777 g/mol. The molecule has 0 bridgehead atoms. The third-order valence-electron chi connectivity index (χ3n) is 11.0. The molecule has 0 amide bonds. The van der Waals surface area contributed by atoms with Crippen molar-refractivity contribution in [2.75, 3.05) is 9.80 Å². The molecule has 290 valence electrons. The Balaban J connectivity index is 1.38. The molecule has 0 saturated heterocycles. The Labute approximate surface area is 354 Å². The first-order valence-corrected chi connectivity index (χ1v) is 20.5. The average molecular weight is 778 g/mol. The molecule has 9 aromatic carbocycles. The van der Waals surface area contributed by atoms with E-state index in [0.717, 1.165) is 72.8 Å². The number of hydrogen-bond donors (Lipinski definition) is 0. The summed E-state index contributed by atoms with van der Waals surface area (Å²) in [5.41, 5.74) is 13.2. The zero-order chi connectivity index (χ0) is 41.7. The van der Waals surface area contributed by atoms with Crippen molar-refractivity contribution >= 4 is 34.1 Å². The van der Waals surface area contributed by atoms with Gasteiger partial charge in [0, 0.05) is 22.6 Å². The Morgan fingerprint density at radius 2 is 0.833 bits per heavy atom. The van der Waals surface area contributed by atoms with Gasteiger partial charge in [-0.1, -0.05) is 190 Å². The quantitative estimate of drug-likeness (QED) is 0.129. The SMILES string of the molecule is [2H]c1ccc(N(c2ccccc2-c2ccccc2)c2cc(-c3ccccc3-c3ccccc3)cc(N(c3cccc(-c4ccccc4)c3)c3cccc(C(C)C)c3)c2F)cc1. The van der Waals surface area contributed by atoms with Crippen LogP contribution in [-0.4, -0.2) is 0 Å². The lowest BCUT2D eigenvalue weighted by atomic mass is 9.93. The molecule has 9 rings (SSSR count). The largest absolute Gasteiger partial charge is 0.308 e. The lowest BCUT2D eigenvalue weighted by Crippen LogP contribution is -2.17. The van der Waals surface area contributed by atoms with E-state index < -0.39 is 0 Å². The molecular formula is C57H45FN2. The lowest BCUT2D eigenvalue weighted by Gasteiger charge is -2.32. The van der Waals surface area contributed by atoms with Crippen LogP contribution in [0.5, 0.6) is 0 Å². The first kappa shape index (κ1) is 36.8. The molecule has 0 radical (unpaired) electrons. The highest BCUT2D eigenvalue weighted by Gasteiger charge is 2.27. The predicted molar refractivity (Wildman–Crippen MR) is 252 cm³/mol. The highest BCUT2D eigenvalue weighted by Crippen LogP contribution is 2.49. The molecule has 0 saturated carbocycles. The Morgan fingerprint density at radius 1 is 0.367 bits per heavy atom. The predicted octanol–water partition coefficient (Wildman–Crippen LogP) is 16.6. The van der Waals surface area contributed by atoms with Gasteiger partial charge in [-0.2, -0.15) is 0 Å². The van der Waals surface area contributed by atoms with E-state index >= 15 is 4.39 Å². The van der Waals surface area contributed by atoms with E-state index in [1.165, 1.54) is 0 Å². The van der Waals surface area contributed by atoms with Gasteiger partial charge < -0.3 is 9.80 Å². The number of halogens is 1. The van der Waals surface area contributed by atoms with Gasteiger partial charge in [-0.15, -0.1) is 0 Å². The first-order valence-electron chi connectivity index (χ1n) is 21.0. The van der Waals surface area contributed by atoms with Crippen molar-refractivity contribution in [3.63, 3.8) is 0 Å². The molecule has 0 heterocycles. The van der Waals surface area contributed by atoms with Crippen molar-refractivity contribution in [2.45, 2.75) is 19.8 Å². The van der Waals surface area contributed by atoms with Crippen molar-refractivity contribution in [1.29, 1.82) is 0 Å². The number of para-hydroxylation sites is 2. The molecule has 0 spiro atoms. The van der Waals surface area contributed by atoms with Gasteiger partial charge in [-0.25, -0.2) is 4.39 Å². The van der Waals surface area contributed by atoms with Gasteiger partial charge in [0.1, 0.15) is 0 Å². The highest BCUT2D eigenvalue weighted by molar-refractivity contribution is 5.94. The van der Waals surface area contributed by atoms with E-state index in [1.54, 1.807) is 12.1 Å². The van der Waals surface area contributed by atoms with Crippen LogP contribution in [0, 0.1) is 5.82 Å². The second-order valence-corrected chi connectivity index (χ2v) is 15.2. The number of benzene rings is 9. The van der Waals surface area contributed by atoms with E-state index in [9.17, 15) is 0 Å². The van der Waals surface area contributed by atoms with Crippen LogP contribution in [0.2, 0.25) is 0 Å². The normalized spacial score (nSPS) is 11.3. The van der Waals surface area contributed by atoms with Gasteiger partial charge in [0.05, 0.1) is 18.4 Å². The Hall–Kier alpha value is -7.49. The fourth-order valence-electron chi connectivity index (χ4n) is 8.05. The van der Waals surface area contributed by atoms with Crippen LogP contribution in [0.3, 0.4) is 0 Å². The Morgan fingerprint density at radius 3 is 1.47 bits per heavy atom. The first-order chi connectivity index (χ1) is 29.9. The third-order valence-corrected chi connectivity index (χ3v) is 11.0. The third kappa shape index (κ3) is 7.74. The molecule has 3 heteroatoms. The van der Waals surface area contributed by atoms with Gasteiger partial charge in [0.15, 0.2) is 5.82 Å². The maximum absolute atomic E-state index is 18.8. The highest BCUT2D eigenvalue weighted by atomic mass is 19.1.